The maximum Gasteiger partial charge on any atom is 0.260 e. The standard InChI is InChI=1S/C16H16N2O2S/c1-2-18(11-15-7-4-8-21-15)16(19)12-20-14-6-3-5-13(9-14)10-17/h3-9H,2,11-12H2,1H3. The molecule has 108 valence electrons. The maximum atomic E-state index is 12.2. The summed E-state index contributed by atoms with van der Waals surface area (Å²) in [7, 11) is 0. The number of rotatable bonds is 6. The van der Waals surface area contributed by atoms with Crippen molar-refractivity contribution in [1.82, 2.24) is 4.90 Å². The molecule has 21 heavy (non-hydrogen) atoms. The third kappa shape index (κ3) is 4.33. The van der Waals surface area contributed by atoms with Gasteiger partial charge in [-0.3, -0.25) is 4.79 Å². The van der Waals surface area contributed by atoms with Gasteiger partial charge in [0.25, 0.3) is 5.91 Å². The maximum absolute atomic E-state index is 12.2. The Morgan fingerprint density at radius 3 is 2.90 bits per heavy atom. The first-order valence-corrected chi connectivity index (χ1v) is 7.54. The molecule has 0 saturated carbocycles. The van der Waals surface area contributed by atoms with Gasteiger partial charge in [0.2, 0.25) is 0 Å². The SMILES string of the molecule is CCN(Cc1cccs1)C(=O)COc1cccc(C#N)c1. The average Bonchev–Trinajstić information content (AvgIpc) is 3.03. The second-order valence-electron chi connectivity index (χ2n) is 4.42. The Labute approximate surface area is 128 Å². The highest BCUT2D eigenvalue weighted by Crippen LogP contribution is 2.14. The molecular weight excluding hydrogens is 284 g/mol. The first kappa shape index (κ1) is 15.1. The number of hydrogen-bond donors (Lipinski definition) is 0. The molecule has 0 fully saturated rings. The lowest BCUT2D eigenvalue weighted by Crippen LogP contribution is -2.34. The zero-order valence-electron chi connectivity index (χ0n) is 11.8. The molecule has 0 atom stereocenters. The summed E-state index contributed by atoms with van der Waals surface area (Å²) in [4.78, 5) is 15.1. The monoisotopic (exact) mass is 300 g/mol. The smallest absolute Gasteiger partial charge is 0.260 e. The van der Waals surface area contributed by atoms with Crippen LogP contribution in [0.4, 0.5) is 0 Å². The summed E-state index contributed by atoms with van der Waals surface area (Å²) in [6.45, 7) is 3.17. The van der Waals surface area contributed by atoms with E-state index in [9.17, 15) is 4.79 Å². The molecule has 1 aromatic heterocycles. The Morgan fingerprint density at radius 2 is 2.24 bits per heavy atom. The highest BCUT2D eigenvalue weighted by atomic mass is 32.1. The third-order valence-corrected chi connectivity index (χ3v) is 3.85. The van der Waals surface area contributed by atoms with Crippen LogP contribution >= 0.6 is 11.3 Å². The Kier molecular flexibility index (Phi) is 5.35. The molecule has 0 aliphatic heterocycles. The van der Waals surface area contributed by atoms with Gasteiger partial charge in [-0.2, -0.15) is 5.26 Å². The van der Waals surface area contributed by atoms with Crippen LogP contribution in [-0.4, -0.2) is 24.0 Å². The van der Waals surface area contributed by atoms with Gasteiger partial charge in [-0.05, 0) is 36.6 Å². The number of carbonyl (C=O) groups is 1. The van der Waals surface area contributed by atoms with Crippen LogP contribution in [0, 0.1) is 11.3 Å². The van der Waals surface area contributed by atoms with Crippen LogP contribution in [0.1, 0.15) is 17.4 Å². The topological polar surface area (TPSA) is 53.3 Å². The van der Waals surface area contributed by atoms with Crippen molar-refractivity contribution in [3.05, 3.63) is 52.2 Å². The van der Waals surface area contributed by atoms with Crippen molar-refractivity contribution in [2.45, 2.75) is 13.5 Å². The normalized spacial score (nSPS) is 9.90. The summed E-state index contributed by atoms with van der Waals surface area (Å²) in [5.74, 6) is 0.475. The molecule has 1 amide bonds. The molecule has 0 spiro atoms. The van der Waals surface area contributed by atoms with Crippen LogP contribution < -0.4 is 4.74 Å². The van der Waals surface area contributed by atoms with Crippen LogP contribution in [0.5, 0.6) is 5.75 Å². The van der Waals surface area contributed by atoms with Crippen LogP contribution in [0.2, 0.25) is 0 Å². The fraction of sp³-hybridized carbons (Fsp3) is 0.250. The van der Waals surface area contributed by atoms with E-state index < -0.39 is 0 Å². The van der Waals surface area contributed by atoms with E-state index in [-0.39, 0.29) is 12.5 Å². The van der Waals surface area contributed by atoms with Gasteiger partial charge in [0.1, 0.15) is 5.75 Å². The van der Waals surface area contributed by atoms with Crippen LogP contribution in [0.15, 0.2) is 41.8 Å². The van der Waals surface area contributed by atoms with E-state index in [1.54, 1.807) is 40.5 Å². The Bertz CT molecular complexity index is 632. The summed E-state index contributed by atoms with van der Waals surface area (Å²) < 4.78 is 5.47. The molecule has 2 aromatic rings. The van der Waals surface area contributed by atoms with Gasteiger partial charge in [0.05, 0.1) is 18.2 Å². The van der Waals surface area contributed by atoms with Gasteiger partial charge in [-0.15, -0.1) is 11.3 Å². The first-order chi connectivity index (χ1) is 10.2. The summed E-state index contributed by atoms with van der Waals surface area (Å²) in [6.07, 6.45) is 0. The lowest BCUT2D eigenvalue weighted by molar-refractivity contribution is -0.133. The number of ether oxygens (including phenoxy) is 1. The van der Waals surface area contributed by atoms with Gasteiger partial charge >= 0.3 is 0 Å². The highest BCUT2D eigenvalue weighted by molar-refractivity contribution is 7.09. The van der Waals surface area contributed by atoms with Crippen LogP contribution in [0.3, 0.4) is 0 Å². The molecule has 0 N–H and O–H groups in total. The van der Waals surface area contributed by atoms with Crippen LogP contribution in [0.25, 0.3) is 0 Å². The quantitative estimate of drug-likeness (QED) is 0.824. The van der Waals surface area contributed by atoms with Gasteiger partial charge in [0, 0.05) is 11.4 Å². The zero-order chi connectivity index (χ0) is 15.1. The van der Waals surface area contributed by atoms with E-state index in [4.69, 9.17) is 10.00 Å². The van der Waals surface area contributed by atoms with E-state index >= 15 is 0 Å². The molecule has 2 rings (SSSR count). The Balaban J connectivity index is 1.91. The molecule has 0 radical (unpaired) electrons. The Hall–Kier alpha value is -2.32. The lowest BCUT2D eigenvalue weighted by Gasteiger charge is -2.20. The summed E-state index contributed by atoms with van der Waals surface area (Å²) in [5.41, 5.74) is 0.519. The Morgan fingerprint density at radius 1 is 1.38 bits per heavy atom. The largest absolute Gasteiger partial charge is 0.484 e. The van der Waals surface area contributed by atoms with Gasteiger partial charge in [0.15, 0.2) is 6.61 Å². The summed E-state index contributed by atoms with van der Waals surface area (Å²) in [6, 6.07) is 12.8. The van der Waals surface area contributed by atoms with Crippen molar-refractivity contribution >= 4 is 17.2 Å². The molecule has 0 aliphatic rings. The summed E-state index contributed by atoms with van der Waals surface area (Å²) >= 11 is 1.63. The predicted molar refractivity (Wildman–Crippen MR) is 82.1 cm³/mol. The number of benzene rings is 1. The van der Waals surface area contributed by atoms with Gasteiger partial charge in [-0.1, -0.05) is 12.1 Å². The molecule has 0 aliphatic carbocycles. The molecule has 0 saturated heterocycles. The number of nitrogens with zero attached hydrogens (tertiary/aromatic N) is 2. The van der Waals surface area contributed by atoms with E-state index in [1.165, 1.54) is 0 Å². The van der Waals surface area contributed by atoms with E-state index in [1.807, 2.05) is 30.5 Å². The molecule has 0 unspecified atom stereocenters. The van der Waals surface area contributed by atoms with Gasteiger partial charge in [-0.25, -0.2) is 0 Å². The number of amides is 1. The summed E-state index contributed by atoms with van der Waals surface area (Å²) in [5, 5.41) is 10.8. The minimum atomic E-state index is -0.0618. The number of thiophene rings is 1. The van der Waals surface area contributed by atoms with Gasteiger partial charge < -0.3 is 9.64 Å². The molecule has 0 bridgehead atoms. The fourth-order valence-corrected chi connectivity index (χ4v) is 2.58. The van der Waals surface area contributed by atoms with E-state index in [2.05, 4.69) is 0 Å². The van der Waals surface area contributed by atoms with Crippen molar-refractivity contribution in [2.75, 3.05) is 13.2 Å². The zero-order valence-corrected chi connectivity index (χ0v) is 12.6. The number of nitriles is 1. The average molecular weight is 300 g/mol. The van der Waals surface area contributed by atoms with Crippen LogP contribution in [-0.2, 0) is 11.3 Å². The second kappa shape index (κ2) is 7.46. The number of carbonyl (C=O) groups excluding carboxylic acids is 1. The van der Waals surface area contributed by atoms with E-state index in [0.29, 0.717) is 24.4 Å². The van der Waals surface area contributed by atoms with Crippen molar-refractivity contribution in [1.29, 1.82) is 5.26 Å². The lowest BCUT2D eigenvalue weighted by atomic mass is 10.2. The molecule has 4 nitrogen and oxygen atoms in total. The highest BCUT2D eigenvalue weighted by Gasteiger charge is 2.13. The van der Waals surface area contributed by atoms with Crippen molar-refractivity contribution in [2.24, 2.45) is 0 Å². The fourth-order valence-electron chi connectivity index (χ4n) is 1.86. The van der Waals surface area contributed by atoms with Crippen molar-refractivity contribution < 1.29 is 9.53 Å². The van der Waals surface area contributed by atoms with Crippen molar-refractivity contribution in [3.8, 4) is 11.8 Å². The second-order valence-corrected chi connectivity index (χ2v) is 5.45. The first-order valence-electron chi connectivity index (χ1n) is 6.66. The molecular formula is C16H16N2O2S. The molecule has 1 aromatic carbocycles. The number of hydrogen-bond acceptors (Lipinski definition) is 4. The predicted octanol–water partition coefficient (Wildman–Crippen LogP) is 3.05. The third-order valence-electron chi connectivity index (χ3n) is 2.99. The molecule has 5 heteroatoms. The molecule has 1 heterocycles. The van der Waals surface area contributed by atoms with Crippen molar-refractivity contribution in [3.63, 3.8) is 0 Å². The minimum absolute atomic E-state index is 0.0197. The minimum Gasteiger partial charge on any atom is -0.484 e. The number of likely N-dealkylation sites (N-methyl/N-ethyl adjacent to an activating group) is 1. The van der Waals surface area contributed by atoms with E-state index in [0.717, 1.165) is 4.88 Å².